The molecule has 1 atom stereocenters. The number of hydrogen-bond donors (Lipinski definition) is 1. The number of ether oxygens (including phenoxy) is 2. The van der Waals surface area contributed by atoms with E-state index < -0.39 is 23.7 Å². The SMILES string of the molecule is CC(NC(=O)OC(C)(C)C)C(=O)Oc1ccccc1. The highest BCUT2D eigenvalue weighted by atomic mass is 16.6. The molecule has 1 rings (SSSR count). The fourth-order valence-corrected chi connectivity index (χ4v) is 1.24. The van der Waals surface area contributed by atoms with Crippen LogP contribution >= 0.6 is 0 Å². The van der Waals surface area contributed by atoms with Crippen LogP contribution in [0.5, 0.6) is 5.75 Å². The van der Waals surface area contributed by atoms with Gasteiger partial charge < -0.3 is 14.8 Å². The van der Waals surface area contributed by atoms with Crippen molar-refractivity contribution in [2.75, 3.05) is 0 Å². The van der Waals surface area contributed by atoms with Gasteiger partial charge in [0.15, 0.2) is 0 Å². The molecular weight excluding hydrogens is 246 g/mol. The zero-order valence-electron chi connectivity index (χ0n) is 11.6. The summed E-state index contributed by atoms with van der Waals surface area (Å²) in [6.07, 6.45) is -0.648. The van der Waals surface area contributed by atoms with Crippen molar-refractivity contribution >= 4 is 12.1 Å². The summed E-state index contributed by atoms with van der Waals surface area (Å²) >= 11 is 0. The maximum Gasteiger partial charge on any atom is 0.408 e. The molecule has 1 aromatic carbocycles. The molecule has 0 saturated heterocycles. The molecule has 0 radical (unpaired) electrons. The van der Waals surface area contributed by atoms with Gasteiger partial charge in [-0.3, -0.25) is 0 Å². The Bertz CT molecular complexity index is 437. The summed E-state index contributed by atoms with van der Waals surface area (Å²) in [5, 5.41) is 2.42. The second-order valence-electron chi connectivity index (χ2n) is 5.10. The monoisotopic (exact) mass is 265 g/mol. The molecule has 0 bridgehead atoms. The lowest BCUT2D eigenvalue weighted by molar-refractivity contribution is -0.136. The highest BCUT2D eigenvalue weighted by Crippen LogP contribution is 2.10. The third kappa shape index (κ3) is 5.90. The molecule has 0 aliphatic carbocycles. The topological polar surface area (TPSA) is 64.6 Å². The van der Waals surface area contributed by atoms with E-state index >= 15 is 0 Å². The molecule has 104 valence electrons. The van der Waals surface area contributed by atoms with Crippen molar-refractivity contribution in [3.8, 4) is 5.75 Å². The molecular formula is C14H19NO4. The van der Waals surface area contributed by atoms with Crippen LogP contribution in [0.4, 0.5) is 4.79 Å². The molecule has 0 aliphatic rings. The molecule has 0 heterocycles. The lowest BCUT2D eigenvalue weighted by Crippen LogP contribution is -2.43. The lowest BCUT2D eigenvalue weighted by atomic mass is 10.2. The normalized spacial score (nSPS) is 12.4. The highest BCUT2D eigenvalue weighted by molar-refractivity contribution is 5.82. The van der Waals surface area contributed by atoms with Crippen LogP contribution in [-0.2, 0) is 9.53 Å². The molecule has 1 amide bonds. The number of para-hydroxylation sites is 1. The molecule has 0 spiro atoms. The van der Waals surface area contributed by atoms with E-state index in [9.17, 15) is 9.59 Å². The summed E-state index contributed by atoms with van der Waals surface area (Å²) in [4.78, 5) is 23.2. The van der Waals surface area contributed by atoms with Crippen molar-refractivity contribution in [3.05, 3.63) is 30.3 Å². The Kier molecular flexibility index (Phi) is 4.92. The van der Waals surface area contributed by atoms with Crippen molar-refractivity contribution in [2.24, 2.45) is 0 Å². The Hall–Kier alpha value is -2.04. The van der Waals surface area contributed by atoms with E-state index in [1.807, 2.05) is 6.07 Å². The van der Waals surface area contributed by atoms with E-state index in [1.165, 1.54) is 6.92 Å². The van der Waals surface area contributed by atoms with E-state index in [2.05, 4.69) is 5.32 Å². The second kappa shape index (κ2) is 6.22. The van der Waals surface area contributed by atoms with E-state index in [0.29, 0.717) is 5.75 Å². The Balaban J connectivity index is 2.47. The number of alkyl carbamates (subject to hydrolysis) is 1. The minimum Gasteiger partial charge on any atom is -0.444 e. The summed E-state index contributed by atoms with van der Waals surface area (Å²) in [5.74, 6) is -0.109. The zero-order chi connectivity index (χ0) is 14.5. The van der Waals surface area contributed by atoms with Crippen LogP contribution in [0.2, 0.25) is 0 Å². The number of hydrogen-bond acceptors (Lipinski definition) is 4. The van der Waals surface area contributed by atoms with Crippen molar-refractivity contribution in [1.82, 2.24) is 5.32 Å². The molecule has 5 nitrogen and oxygen atoms in total. The third-order valence-corrected chi connectivity index (χ3v) is 2.05. The quantitative estimate of drug-likeness (QED) is 0.673. The van der Waals surface area contributed by atoms with Gasteiger partial charge in [-0.1, -0.05) is 18.2 Å². The van der Waals surface area contributed by atoms with Gasteiger partial charge in [-0.15, -0.1) is 0 Å². The first-order valence-electron chi connectivity index (χ1n) is 6.04. The first kappa shape index (κ1) is 15.0. The molecule has 19 heavy (non-hydrogen) atoms. The molecule has 1 aromatic rings. The Morgan fingerprint density at radius 1 is 1.16 bits per heavy atom. The maximum absolute atomic E-state index is 11.7. The van der Waals surface area contributed by atoms with Gasteiger partial charge in [0.2, 0.25) is 0 Å². The van der Waals surface area contributed by atoms with Crippen LogP contribution in [0.1, 0.15) is 27.7 Å². The van der Waals surface area contributed by atoms with Gasteiger partial charge in [0, 0.05) is 0 Å². The van der Waals surface area contributed by atoms with Gasteiger partial charge in [0.1, 0.15) is 17.4 Å². The number of carbonyl (C=O) groups excluding carboxylic acids is 2. The smallest absolute Gasteiger partial charge is 0.408 e. The van der Waals surface area contributed by atoms with Crippen LogP contribution in [0.3, 0.4) is 0 Å². The molecule has 0 fully saturated rings. The first-order valence-corrected chi connectivity index (χ1v) is 6.04. The minimum absolute atomic E-state index is 0.435. The average Bonchev–Trinajstić information content (AvgIpc) is 2.27. The molecule has 1 unspecified atom stereocenters. The number of esters is 1. The summed E-state index contributed by atoms with van der Waals surface area (Å²) < 4.78 is 10.1. The highest BCUT2D eigenvalue weighted by Gasteiger charge is 2.22. The molecule has 0 aromatic heterocycles. The van der Waals surface area contributed by atoms with E-state index in [-0.39, 0.29) is 0 Å². The Labute approximate surface area is 112 Å². The average molecular weight is 265 g/mol. The van der Waals surface area contributed by atoms with Crippen LogP contribution in [0.25, 0.3) is 0 Å². The Morgan fingerprint density at radius 2 is 1.74 bits per heavy atom. The first-order chi connectivity index (χ1) is 8.78. The van der Waals surface area contributed by atoms with E-state index in [1.54, 1.807) is 45.0 Å². The predicted octanol–water partition coefficient (Wildman–Crippen LogP) is 2.51. The second-order valence-corrected chi connectivity index (χ2v) is 5.10. The number of carbonyl (C=O) groups is 2. The van der Waals surface area contributed by atoms with Crippen LogP contribution < -0.4 is 10.1 Å². The fraction of sp³-hybridized carbons (Fsp3) is 0.429. The van der Waals surface area contributed by atoms with Gasteiger partial charge in [0.05, 0.1) is 0 Å². The van der Waals surface area contributed by atoms with Crippen molar-refractivity contribution < 1.29 is 19.1 Å². The molecule has 0 aliphatic heterocycles. The van der Waals surface area contributed by atoms with E-state index in [4.69, 9.17) is 9.47 Å². The Morgan fingerprint density at radius 3 is 2.26 bits per heavy atom. The largest absolute Gasteiger partial charge is 0.444 e. The molecule has 0 saturated carbocycles. The molecule has 1 N–H and O–H groups in total. The maximum atomic E-state index is 11.7. The summed E-state index contributed by atoms with van der Waals surface area (Å²) in [6.45, 7) is 6.79. The fourth-order valence-electron chi connectivity index (χ4n) is 1.24. The summed E-state index contributed by atoms with van der Waals surface area (Å²) in [5.41, 5.74) is -0.604. The number of rotatable bonds is 3. The standard InChI is InChI=1S/C14H19NO4/c1-10(15-13(17)19-14(2,3)4)12(16)18-11-8-6-5-7-9-11/h5-10H,1-4H3,(H,15,17). The van der Waals surface area contributed by atoms with Crippen molar-refractivity contribution in [3.63, 3.8) is 0 Å². The number of benzene rings is 1. The van der Waals surface area contributed by atoms with Gasteiger partial charge in [-0.25, -0.2) is 9.59 Å². The summed E-state index contributed by atoms with van der Waals surface area (Å²) in [7, 11) is 0. The third-order valence-electron chi connectivity index (χ3n) is 2.05. The zero-order valence-corrected chi connectivity index (χ0v) is 11.6. The predicted molar refractivity (Wildman–Crippen MR) is 70.9 cm³/mol. The van der Waals surface area contributed by atoms with Gasteiger partial charge in [-0.2, -0.15) is 0 Å². The van der Waals surface area contributed by atoms with Crippen LogP contribution in [-0.4, -0.2) is 23.7 Å². The minimum atomic E-state index is -0.782. The van der Waals surface area contributed by atoms with Crippen molar-refractivity contribution in [2.45, 2.75) is 39.3 Å². The molecule has 5 heteroatoms. The number of amides is 1. The van der Waals surface area contributed by atoms with Crippen LogP contribution in [0.15, 0.2) is 30.3 Å². The lowest BCUT2D eigenvalue weighted by Gasteiger charge is -2.21. The van der Waals surface area contributed by atoms with Gasteiger partial charge >= 0.3 is 12.1 Å². The van der Waals surface area contributed by atoms with Crippen LogP contribution in [0, 0.1) is 0 Å². The number of nitrogens with one attached hydrogen (secondary N) is 1. The summed E-state index contributed by atoms with van der Waals surface area (Å²) in [6, 6.07) is 7.88. The van der Waals surface area contributed by atoms with E-state index in [0.717, 1.165) is 0 Å². The van der Waals surface area contributed by atoms with Crippen molar-refractivity contribution in [1.29, 1.82) is 0 Å². The van der Waals surface area contributed by atoms with Gasteiger partial charge in [-0.05, 0) is 39.8 Å². The van der Waals surface area contributed by atoms with Gasteiger partial charge in [0.25, 0.3) is 0 Å².